The zero-order chi connectivity index (χ0) is 73.7. The summed E-state index contributed by atoms with van der Waals surface area (Å²) < 4.78 is 63.5. The van der Waals surface area contributed by atoms with E-state index in [1.54, 1.807) is 94.5 Å². The number of amides is 4. The number of anilines is 1. The second-order valence-corrected chi connectivity index (χ2v) is 25.7. The molecule has 12 N–H and O–H groups in total. The molecule has 0 aliphatic carbocycles. The Labute approximate surface area is 593 Å². The molecule has 38 heteroatoms. The van der Waals surface area contributed by atoms with Crippen molar-refractivity contribution in [3.8, 4) is 11.5 Å². The third-order valence-corrected chi connectivity index (χ3v) is 17.8. The molecule has 0 saturated carbocycles. The van der Waals surface area contributed by atoms with Crippen LogP contribution in [0, 0.1) is 13.8 Å². The van der Waals surface area contributed by atoms with E-state index in [9.17, 15) is 67.2 Å². The van der Waals surface area contributed by atoms with E-state index in [0.29, 0.717) is 111 Å². The smallest absolute Gasteiger partial charge is 0.323 e. The molecule has 0 radical (unpaired) electrons. The van der Waals surface area contributed by atoms with E-state index < -0.39 is 70.3 Å². The fourth-order valence-corrected chi connectivity index (χ4v) is 12.6. The second kappa shape index (κ2) is 44.7. The van der Waals surface area contributed by atoms with Crippen molar-refractivity contribution in [2.75, 3.05) is 156 Å². The number of carboxylic acid groups (broad SMARTS) is 4. The SMILES string of the molecule is Cc1cc(OCCCC(=O)NCCCOCCOCCOCCCNC(=O)[C@@H](Cc2ccc(OSOOO)cc2)NC(=O)CN2CCN(CC(=O)O)CCN(CC(=O)O)CCN(CC(=O)O)CC2)cc(C)c1S(=O)(=O)NC(CNC(=O)c1ccc2c(cnn2CCCNc2ncc[nH]2)c1)C(=O)O. The molecule has 0 spiro atoms. The van der Waals surface area contributed by atoms with Crippen molar-refractivity contribution in [1.82, 2.24) is 65.3 Å². The minimum Gasteiger partial charge on any atom is -0.494 e. The lowest BCUT2D eigenvalue weighted by Gasteiger charge is -2.33. The van der Waals surface area contributed by atoms with Gasteiger partial charge in [-0.1, -0.05) is 21.5 Å². The molecule has 562 valence electrons. The summed E-state index contributed by atoms with van der Waals surface area (Å²) in [6.07, 6.45) is 7.30. The monoisotopic (exact) mass is 1470 g/mol. The first-order valence-corrected chi connectivity index (χ1v) is 35.2. The molecule has 0 bridgehead atoms. The molecule has 2 aromatic heterocycles. The maximum Gasteiger partial charge on any atom is 0.323 e. The number of hydrogen-bond acceptors (Lipinski definition) is 26. The Morgan fingerprint density at radius 1 is 0.637 bits per heavy atom. The molecule has 2 atom stereocenters. The Morgan fingerprint density at radius 2 is 1.22 bits per heavy atom. The molecule has 1 fully saturated rings. The number of ether oxygens (including phenoxy) is 4. The Bertz CT molecular complexity index is 3520. The average Bonchev–Trinajstić information content (AvgIpc) is 1.00. The second-order valence-electron chi connectivity index (χ2n) is 23.7. The topological polar surface area (TPSA) is 468 Å². The number of rotatable bonds is 47. The molecule has 4 amide bonds. The summed E-state index contributed by atoms with van der Waals surface area (Å²) in [5, 5.41) is 70.0. The average molecular weight is 1470 g/mol. The van der Waals surface area contributed by atoms with Crippen molar-refractivity contribution in [2.24, 2.45) is 0 Å². The van der Waals surface area contributed by atoms with E-state index in [1.165, 1.54) is 12.1 Å². The molecule has 5 aromatic rings. The number of H-pyrrole nitrogens is 1. The first-order chi connectivity index (χ1) is 49.0. The van der Waals surface area contributed by atoms with Crippen molar-refractivity contribution in [3.05, 3.63) is 95.4 Å². The summed E-state index contributed by atoms with van der Waals surface area (Å²) in [6, 6.07) is 11.7. The molecule has 1 unspecified atom stereocenters. The number of carbonyl (C=O) groups is 8. The number of sulfonamides is 1. The number of carbonyl (C=O) groups excluding carboxylic acids is 4. The van der Waals surface area contributed by atoms with Gasteiger partial charge in [-0.15, -0.1) is 0 Å². The van der Waals surface area contributed by atoms with E-state index in [1.807, 2.05) is 4.68 Å². The van der Waals surface area contributed by atoms with Gasteiger partial charge in [-0.3, -0.25) is 62.6 Å². The predicted octanol–water partition coefficient (Wildman–Crippen LogP) is 0.827. The number of nitrogens with one attached hydrogen (secondary N) is 7. The lowest BCUT2D eigenvalue weighted by molar-refractivity contribution is -0.433. The first-order valence-electron chi connectivity index (χ1n) is 33.0. The van der Waals surface area contributed by atoms with Gasteiger partial charge in [0.1, 0.15) is 23.6 Å². The zero-order valence-corrected chi connectivity index (χ0v) is 58.6. The van der Waals surface area contributed by atoms with Gasteiger partial charge in [-0.25, -0.2) is 18.7 Å². The van der Waals surface area contributed by atoms with Crippen LogP contribution in [-0.4, -0.2) is 284 Å². The Kier molecular flexibility index (Phi) is 36.1. The van der Waals surface area contributed by atoms with E-state index in [2.05, 4.69) is 55.7 Å². The number of imidazole rings is 1. The number of fused-ring (bicyclic) bond motifs is 1. The van der Waals surface area contributed by atoms with Gasteiger partial charge < -0.3 is 75.1 Å². The number of benzene rings is 3. The first kappa shape index (κ1) is 82.3. The minimum absolute atomic E-state index is 0.0555. The highest BCUT2D eigenvalue weighted by Gasteiger charge is 2.30. The summed E-state index contributed by atoms with van der Waals surface area (Å²) in [5.41, 5.74) is 2.26. The van der Waals surface area contributed by atoms with Gasteiger partial charge in [0.2, 0.25) is 27.7 Å². The standard InChI is InChI=1S/C64H92N14O22S2/c1-45-35-51(36-46(2)60(45)102(92,93)73-53(63(89)90)40-70-61(87)48-10-13-54-49(38-48)39-71-78(54)19-4-14-67-64-68-17-18-69-64)97-30-3-7-55(79)65-15-5-28-94-31-33-96-34-32-95-29-6-16-66-62(88)52(37-47-8-11-50(12-9-47)98-101-100-99-91)72-56(80)41-74-20-22-75(42-57(81)82)24-26-77(44-59(85)86)27-25-76(23-21-74)43-58(83)84/h8-13,17-18,35-36,38-39,52-53,73,91H,3-7,14-16,19-34,37,40-44H2,1-2H3,(H,65,79)(H,66,88)(H,70,87)(H,72,80)(H,81,82)(H,83,84)(H,85,86)(H,89,90)(H2,67,68,69)/t52-,53?/m1/s1. The maximum absolute atomic E-state index is 13.8. The van der Waals surface area contributed by atoms with Gasteiger partial charge >= 0.3 is 23.9 Å². The van der Waals surface area contributed by atoms with E-state index in [0.717, 1.165) is 11.9 Å². The third kappa shape index (κ3) is 30.9. The highest BCUT2D eigenvalue weighted by molar-refractivity contribution is 7.90. The van der Waals surface area contributed by atoms with Gasteiger partial charge in [0.05, 0.1) is 75.8 Å². The highest BCUT2D eigenvalue weighted by atomic mass is 32.2. The summed E-state index contributed by atoms with van der Waals surface area (Å²) in [5.74, 6) is -5.22. The number of aliphatic carboxylic acids is 4. The van der Waals surface area contributed by atoms with E-state index in [-0.39, 0.29) is 141 Å². The Morgan fingerprint density at radius 3 is 1.77 bits per heavy atom. The number of carboxylic acids is 4. The number of hydrogen-bond donors (Lipinski definition) is 12. The van der Waals surface area contributed by atoms with Crippen molar-refractivity contribution < 1.29 is 105 Å². The summed E-state index contributed by atoms with van der Waals surface area (Å²) in [6.45, 7) is 6.67. The van der Waals surface area contributed by atoms with Crippen molar-refractivity contribution in [2.45, 2.75) is 75.9 Å². The van der Waals surface area contributed by atoms with Crippen LogP contribution < -0.4 is 40.2 Å². The minimum atomic E-state index is -4.41. The van der Waals surface area contributed by atoms with Crippen LogP contribution in [0.3, 0.4) is 0 Å². The maximum atomic E-state index is 13.8. The van der Waals surface area contributed by atoms with E-state index in [4.69, 9.17) is 28.4 Å². The van der Waals surface area contributed by atoms with Crippen LogP contribution >= 0.6 is 12.3 Å². The predicted molar refractivity (Wildman–Crippen MR) is 368 cm³/mol. The lowest BCUT2D eigenvalue weighted by atomic mass is 10.0. The number of aromatic amines is 1. The van der Waals surface area contributed by atoms with E-state index >= 15 is 0 Å². The summed E-state index contributed by atoms with van der Waals surface area (Å²) >= 11 is 0.358. The van der Waals surface area contributed by atoms with Crippen LogP contribution in [0.4, 0.5) is 5.95 Å². The van der Waals surface area contributed by atoms with Gasteiger partial charge in [-0.2, -0.15) is 9.82 Å². The van der Waals surface area contributed by atoms with Crippen LogP contribution in [0.25, 0.3) is 10.9 Å². The van der Waals surface area contributed by atoms with Gasteiger partial charge in [0, 0.05) is 134 Å². The van der Waals surface area contributed by atoms with Crippen molar-refractivity contribution in [1.29, 1.82) is 0 Å². The molecule has 102 heavy (non-hydrogen) atoms. The largest absolute Gasteiger partial charge is 0.494 e. The van der Waals surface area contributed by atoms with Crippen molar-refractivity contribution in [3.63, 3.8) is 0 Å². The molecule has 3 aromatic carbocycles. The van der Waals surface area contributed by atoms with Gasteiger partial charge in [-0.05, 0) is 98.7 Å². The Hall–Kier alpha value is -8.64. The van der Waals surface area contributed by atoms with Gasteiger partial charge in [0.25, 0.3) is 18.2 Å². The van der Waals surface area contributed by atoms with Crippen LogP contribution in [-0.2, 0) is 80.1 Å². The molecule has 3 heterocycles. The Balaban J connectivity index is 0.825. The number of aryl methyl sites for hydroxylation is 3. The quantitative estimate of drug-likeness (QED) is 0.0111. The number of nitrogens with zero attached hydrogens (tertiary/aromatic N) is 7. The zero-order valence-electron chi connectivity index (χ0n) is 56.9. The molecule has 6 rings (SSSR count). The molecule has 36 nitrogen and oxygen atoms in total. The fourth-order valence-electron chi connectivity index (χ4n) is 10.7. The molecule has 1 aliphatic rings. The third-order valence-electron chi connectivity index (χ3n) is 15.7. The number of aromatic nitrogens is 4. The molecular weight excluding hydrogens is 1380 g/mol. The summed E-state index contributed by atoms with van der Waals surface area (Å²) in [7, 11) is -4.41. The van der Waals surface area contributed by atoms with Crippen molar-refractivity contribution >= 4 is 86.7 Å². The normalized spacial score (nSPS) is 14.4. The highest BCUT2D eigenvalue weighted by Crippen LogP contribution is 2.27. The van der Waals surface area contributed by atoms with Crippen LogP contribution in [0.5, 0.6) is 11.5 Å². The molecule has 1 aliphatic heterocycles. The van der Waals surface area contributed by atoms with Crippen LogP contribution in [0.2, 0.25) is 0 Å². The van der Waals surface area contributed by atoms with Crippen LogP contribution in [0.15, 0.2) is 78.1 Å². The fraction of sp³-hybridized carbons (Fsp3) is 0.531. The van der Waals surface area contributed by atoms with Gasteiger partial charge in [0.15, 0.2) is 5.95 Å². The summed E-state index contributed by atoms with van der Waals surface area (Å²) in [4.78, 5) is 114. The molecule has 1 saturated heterocycles. The lowest BCUT2D eigenvalue weighted by Crippen LogP contribution is -2.53. The molecular formula is C64H92N14O22S2. The van der Waals surface area contributed by atoms with Crippen LogP contribution in [0.1, 0.15) is 59.2 Å².